The lowest BCUT2D eigenvalue weighted by Crippen LogP contribution is -2.46. The molecule has 2 rings (SSSR count). The van der Waals surface area contributed by atoms with Gasteiger partial charge in [-0.1, -0.05) is 39.0 Å². The highest BCUT2D eigenvalue weighted by molar-refractivity contribution is 5.85. The maximum Gasteiger partial charge on any atom is 0.306 e. The van der Waals surface area contributed by atoms with Crippen molar-refractivity contribution in [1.82, 2.24) is 9.80 Å². The van der Waals surface area contributed by atoms with E-state index >= 15 is 0 Å². The van der Waals surface area contributed by atoms with Gasteiger partial charge in [0.15, 0.2) is 0 Å². The molecule has 0 radical (unpaired) electrons. The molecule has 142 valence electrons. The van der Waals surface area contributed by atoms with E-state index in [-0.39, 0.29) is 30.2 Å². The molecule has 1 aliphatic heterocycles. The number of carbonyl (C=O) groups excluding carboxylic acids is 2. The summed E-state index contributed by atoms with van der Waals surface area (Å²) >= 11 is 0. The minimum atomic E-state index is -0.782. The number of piperidine rings is 1. The molecule has 1 N–H and O–H groups in total. The topological polar surface area (TPSA) is 77.9 Å². The number of carbonyl (C=O) groups is 3. The van der Waals surface area contributed by atoms with Crippen LogP contribution in [0.25, 0.3) is 0 Å². The summed E-state index contributed by atoms with van der Waals surface area (Å²) in [7, 11) is 1.70. The molecule has 0 spiro atoms. The molecule has 6 heteroatoms. The van der Waals surface area contributed by atoms with E-state index in [1.165, 1.54) is 32.1 Å². The largest absolute Gasteiger partial charge is 0.481 e. The van der Waals surface area contributed by atoms with Crippen molar-refractivity contribution in [2.24, 2.45) is 17.8 Å². The van der Waals surface area contributed by atoms with Crippen LogP contribution in [0.15, 0.2) is 0 Å². The molecule has 1 atom stereocenters. The summed E-state index contributed by atoms with van der Waals surface area (Å²) in [6.07, 6.45) is 8.21. The highest BCUT2D eigenvalue weighted by atomic mass is 16.4. The molecule has 2 amide bonds. The maximum absolute atomic E-state index is 12.6. The van der Waals surface area contributed by atoms with Crippen molar-refractivity contribution >= 4 is 17.8 Å². The van der Waals surface area contributed by atoms with Crippen LogP contribution in [0.4, 0.5) is 0 Å². The van der Waals surface area contributed by atoms with Gasteiger partial charge in [-0.3, -0.25) is 14.4 Å². The number of likely N-dealkylation sites (N-methyl/N-ethyl adjacent to an activating group) is 1. The highest BCUT2D eigenvalue weighted by Gasteiger charge is 2.29. The van der Waals surface area contributed by atoms with Crippen molar-refractivity contribution in [3.63, 3.8) is 0 Å². The second kappa shape index (κ2) is 9.20. The van der Waals surface area contributed by atoms with Gasteiger partial charge in [-0.15, -0.1) is 0 Å². The van der Waals surface area contributed by atoms with Crippen LogP contribution in [0.3, 0.4) is 0 Å². The number of nitrogens with zero attached hydrogens (tertiary/aromatic N) is 2. The molecule has 2 aliphatic rings. The summed E-state index contributed by atoms with van der Waals surface area (Å²) in [5.74, 6) is -0.566. The first-order chi connectivity index (χ1) is 11.9. The quantitative estimate of drug-likeness (QED) is 0.796. The predicted octanol–water partition coefficient (Wildman–Crippen LogP) is 2.37. The van der Waals surface area contributed by atoms with E-state index in [0.717, 1.165) is 6.42 Å². The maximum atomic E-state index is 12.6. The summed E-state index contributed by atoms with van der Waals surface area (Å²) in [5, 5.41) is 9.02. The number of aliphatic carboxylic acids is 1. The first-order valence-corrected chi connectivity index (χ1v) is 9.64. The first kappa shape index (κ1) is 19.7. The van der Waals surface area contributed by atoms with Crippen molar-refractivity contribution in [2.75, 3.05) is 26.7 Å². The summed E-state index contributed by atoms with van der Waals surface area (Å²) in [4.78, 5) is 39.2. The standard InChI is InChI=1S/C19H32N2O4/c1-14(12-15-6-4-3-5-7-15)18(23)20(2)13-17(22)21-10-8-16(9-11-21)19(24)25/h14-16H,3-13H2,1-2H3,(H,24,25). The second-order valence-electron chi connectivity index (χ2n) is 7.83. The van der Waals surface area contributed by atoms with Gasteiger partial charge in [0.2, 0.25) is 11.8 Å². The fourth-order valence-electron chi connectivity index (χ4n) is 4.16. The first-order valence-electron chi connectivity index (χ1n) is 9.64. The van der Waals surface area contributed by atoms with E-state index in [0.29, 0.717) is 31.8 Å². The summed E-state index contributed by atoms with van der Waals surface area (Å²) in [5.41, 5.74) is 0. The Kier molecular flexibility index (Phi) is 7.26. The Morgan fingerprint density at radius 1 is 1.08 bits per heavy atom. The van der Waals surface area contributed by atoms with Crippen LogP contribution in [0.1, 0.15) is 58.3 Å². The molecule has 1 saturated carbocycles. The van der Waals surface area contributed by atoms with Crippen LogP contribution in [-0.4, -0.2) is 59.4 Å². The minimum Gasteiger partial charge on any atom is -0.481 e. The van der Waals surface area contributed by atoms with E-state index in [4.69, 9.17) is 5.11 Å². The average molecular weight is 352 g/mol. The van der Waals surface area contributed by atoms with E-state index < -0.39 is 5.97 Å². The Hall–Kier alpha value is -1.59. The Morgan fingerprint density at radius 2 is 1.68 bits per heavy atom. The molecule has 0 aromatic carbocycles. The normalized spacial score (nSPS) is 21.0. The van der Waals surface area contributed by atoms with Gasteiger partial charge in [0.05, 0.1) is 12.5 Å². The molecule has 0 bridgehead atoms. The van der Waals surface area contributed by atoms with Crippen LogP contribution in [0.2, 0.25) is 0 Å². The number of likely N-dealkylation sites (tertiary alicyclic amines) is 1. The van der Waals surface area contributed by atoms with Gasteiger partial charge in [0.25, 0.3) is 0 Å². The fraction of sp³-hybridized carbons (Fsp3) is 0.842. The van der Waals surface area contributed by atoms with Gasteiger partial charge in [-0.25, -0.2) is 0 Å². The van der Waals surface area contributed by atoms with Crippen molar-refractivity contribution in [1.29, 1.82) is 0 Å². The van der Waals surface area contributed by atoms with E-state index in [1.54, 1.807) is 16.8 Å². The van der Waals surface area contributed by atoms with Gasteiger partial charge in [-0.05, 0) is 25.2 Å². The zero-order valence-corrected chi connectivity index (χ0v) is 15.6. The summed E-state index contributed by atoms with van der Waals surface area (Å²) in [6.45, 7) is 2.99. The lowest BCUT2D eigenvalue weighted by atomic mass is 9.83. The van der Waals surface area contributed by atoms with Crippen LogP contribution in [-0.2, 0) is 14.4 Å². The van der Waals surface area contributed by atoms with Crippen LogP contribution < -0.4 is 0 Å². The Morgan fingerprint density at radius 3 is 2.24 bits per heavy atom. The third-order valence-corrected chi connectivity index (χ3v) is 5.78. The van der Waals surface area contributed by atoms with E-state index in [1.807, 2.05) is 6.92 Å². The number of amides is 2. The second-order valence-corrected chi connectivity index (χ2v) is 7.83. The molecule has 25 heavy (non-hydrogen) atoms. The van der Waals surface area contributed by atoms with Gasteiger partial charge in [0, 0.05) is 26.1 Å². The average Bonchev–Trinajstić information content (AvgIpc) is 2.61. The third-order valence-electron chi connectivity index (χ3n) is 5.78. The lowest BCUT2D eigenvalue weighted by molar-refractivity contribution is -0.147. The Labute approximate surface area is 150 Å². The van der Waals surface area contributed by atoms with Gasteiger partial charge >= 0.3 is 5.97 Å². The molecular weight excluding hydrogens is 320 g/mol. The smallest absolute Gasteiger partial charge is 0.306 e. The molecular formula is C19H32N2O4. The number of hydrogen-bond donors (Lipinski definition) is 1. The zero-order valence-electron chi connectivity index (χ0n) is 15.6. The Balaban J connectivity index is 1.75. The molecule has 0 aromatic rings. The molecule has 1 unspecified atom stereocenters. The third kappa shape index (κ3) is 5.72. The molecule has 2 fully saturated rings. The number of carboxylic acids is 1. The monoisotopic (exact) mass is 352 g/mol. The van der Waals surface area contributed by atoms with E-state index in [2.05, 4.69) is 0 Å². The van der Waals surface area contributed by atoms with Crippen molar-refractivity contribution in [3.8, 4) is 0 Å². The number of carboxylic acid groups (broad SMARTS) is 1. The van der Waals surface area contributed by atoms with Gasteiger partial charge < -0.3 is 14.9 Å². The molecule has 6 nitrogen and oxygen atoms in total. The van der Waals surface area contributed by atoms with Crippen LogP contribution in [0.5, 0.6) is 0 Å². The zero-order chi connectivity index (χ0) is 18.4. The molecule has 1 heterocycles. The lowest BCUT2D eigenvalue weighted by Gasteiger charge is -2.32. The SMILES string of the molecule is CC(CC1CCCCC1)C(=O)N(C)CC(=O)N1CCC(C(=O)O)CC1. The summed E-state index contributed by atoms with van der Waals surface area (Å²) in [6, 6.07) is 0. The van der Waals surface area contributed by atoms with E-state index in [9.17, 15) is 14.4 Å². The van der Waals surface area contributed by atoms with Crippen molar-refractivity contribution in [2.45, 2.75) is 58.3 Å². The number of hydrogen-bond acceptors (Lipinski definition) is 3. The van der Waals surface area contributed by atoms with Gasteiger partial charge in [-0.2, -0.15) is 0 Å². The molecule has 1 aliphatic carbocycles. The van der Waals surface area contributed by atoms with Crippen molar-refractivity contribution in [3.05, 3.63) is 0 Å². The highest BCUT2D eigenvalue weighted by Crippen LogP contribution is 2.29. The number of rotatable bonds is 6. The minimum absolute atomic E-state index is 0.0411. The fourth-order valence-corrected chi connectivity index (χ4v) is 4.16. The Bertz CT molecular complexity index is 480. The summed E-state index contributed by atoms with van der Waals surface area (Å²) < 4.78 is 0. The van der Waals surface area contributed by atoms with Gasteiger partial charge in [0.1, 0.15) is 0 Å². The molecule has 1 saturated heterocycles. The molecule has 0 aromatic heterocycles. The van der Waals surface area contributed by atoms with Crippen LogP contribution >= 0.6 is 0 Å². The predicted molar refractivity (Wildman–Crippen MR) is 94.9 cm³/mol. The van der Waals surface area contributed by atoms with Crippen LogP contribution in [0, 0.1) is 17.8 Å². The van der Waals surface area contributed by atoms with Crippen molar-refractivity contribution < 1.29 is 19.5 Å².